The number of benzene rings is 2. The molecule has 0 radical (unpaired) electrons. The average molecular weight is 394 g/mol. The summed E-state index contributed by atoms with van der Waals surface area (Å²) in [5, 5.41) is 9.10. The van der Waals surface area contributed by atoms with E-state index in [0.29, 0.717) is 23.0 Å². The number of likely N-dealkylation sites (N-methyl/N-ethyl adjacent to an activating group) is 1. The molecule has 0 fully saturated rings. The first-order chi connectivity index (χ1) is 14.0. The van der Waals surface area contributed by atoms with Crippen LogP contribution in [0.25, 0.3) is 0 Å². The lowest BCUT2D eigenvalue weighted by Gasteiger charge is -2.15. The van der Waals surface area contributed by atoms with Crippen molar-refractivity contribution in [3.8, 4) is 11.5 Å². The predicted octanol–water partition coefficient (Wildman–Crippen LogP) is 3.28. The lowest BCUT2D eigenvalue weighted by Crippen LogP contribution is -2.36. The van der Waals surface area contributed by atoms with Gasteiger partial charge in [0.05, 0.1) is 13.1 Å². The van der Waals surface area contributed by atoms with E-state index in [2.05, 4.69) is 15.8 Å². The lowest BCUT2D eigenvalue weighted by molar-refractivity contribution is -0.119. The highest BCUT2D eigenvalue weighted by atomic mass is 16.5. The van der Waals surface area contributed by atoms with Gasteiger partial charge in [-0.15, -0.1) is 0 Å². The molecule has 2 N–H and O–H groups in total. The van der Waals surface area contributed by atoms with Gasteiger partial charge in [-0.1, -0.05) is 23.4 Å². The van der Waals surface area contributed by atoms with Gasteiger partial charge >= 0.3 is 0 Å². The summed E-state index contributed by atoms with van der Waals surface area (Å²) in [6.45, 7) is 1.84. The van der Waals surface area contributed by atoms with Crippen LogP contribution in [0.2, 0.25) is 0 Å². The van der Waals surface area contributed by atoms with Crippen molar-refractivity contribution in [1.29, 1.82) is 0 Å². The van der Waals surface area contributed by atoms with Gasteiger partial charge in [0, 0.05) is 11.8 Å². The maximum absolute atomic E-state index is 12.2. The van der Waals surface area contributed by atoms with Crippen LogP contribution >= 0.6 is 0 Å². The summed E-state index contributed by atoms with van der Waals surface area (Å²) >= 11 is 0. The highest BCUT2D eigenvalue weighted by Gasteiger charge is 2.12. The molecule has 3 aromatic rings. The number of amides is 2. The van der Waals surface area contributed by atoms with Gasteiger partial charge in [-0.3, -0.25) is 14.5 Å². The number of anilines is 2. The molecule has 150 valence electrons. The minimum absolute atomic E-state index is 0.0448. The zero-order valence-corrected chi connectivity index (χ0v) is 16.2. The summed E-state index contributed by atoms with van der Waals surface area (Å²) in [5.74, 6) is 1.86. The van der Waals surface area contributed by atoms with Crippen LogP contribution in [0.4, 0.5) is 11.5 Å². The van der Waals surface area contributed by atoms with Gasteiger partial charge in [0.1, 0.15) is 17.3 Å². The van der Waals surface area contributed by atoms with Crippen molar-refractivity contribution in [2.24, 2.45) is 0 Å². The molecule has 0 unspecified atom stereocenters. The Hall–Kier alpha value is -3.65. The Bertz CT molecular complexity index is 954. The Kier molecular flexibility index (Phi) is 6.59. The Morgan fingerprint density at radius 1 is 0.966 bits per heavy atom. The fourth-order valence-electron chi connectivity index (χ4n) is 2.59. The SMILES string of the molecule is Cc1cc(NC(=O)CN(C)CC(=O)Nc2ccc(Oc3ccccc3)cc2)no1. The van der Waals surface area contributed by atoms with Crippen molar-refractivity contribution in [1.82, 2.24) is 10.1 Å². The quantitative estimate of drug-likeness (QED) is 0.609. The van der Waals surface area contributed by atoms with E-state index in [0.717, 1.165) is 5.75 Å². The molecule has 8 heteroatoms. The molecular formula is C21H22N4O4. The number of rotatable bonds is 8. The van der Waals surface area contributed by atoms with Crippen LogP contribution in [-0.2, 0) is 9.59 Å². The summed E-state index contributed by atoms with van der Waals surface area (Å²) in [6, 6.07) is 18.1. The Morgan fingerprint density at radius 2 is 1.59 bits per heavy atom. The van der Waals surface area contributed by atoms with Crippen LogP contribution in [-0.4, -0.2) is 42.0 Å². The van der Waals surface area contributed by atoms with Gasteiger partial charge in [-0.2, -0.15) is 0 Å². The van der Waals surface area contributed by atoms with Crippen molar-refractivity contribution in [3.05, 3.63) is 66.4 Å². The second kappa shape index (κ2) is 9.52. The third kappa shape index (κ3) is 6.47. The van der Waals surface area contributed by atoms with Gasteiger partial charge in [0.15, 0.2) is 5.82 Å². The fraction of sp³-hybridized carbons (Fsp3) is 0.190. The summed E-state index contributed by atoms with van der Waals surface area (Å²) in [6.07, 6.45) is 0. The first-order valence-corrected chi connectivity index (χ1v) is 9.02. The van der Waals surface area contributed by atoms with Crippen LogP contribution in [0.3, 0.4) is 0 Å². The Balaban J connectivity index is 1.44. The van der Waals surface area contributed by atoms with Crippen LogP contribution in [0.5, 0.6) is 11.5 Å². The Morgan fingerprint density at radius 3 is 2.21 bits per heavy atom. The van der Waals surface area contributed by atoms with E-state index in [1.807, 2.05) is 30.3 Å². The standard InChI is InChI=1S/C21H22N4O4/c1-15-12-19(24-29-15)23-21(27)14-25(2)13-20(26)22-16-8-10-18(11-9-16)28-17-6-4-3-5-7-17/h3-12H,13-14H2,1-2H3,(H,22,26)(H,23,24,27). The van der Waals surface area contributed by atoms with Gasteiger partial charge in [0.2, 0.25) is 11.8 Å². The van der Waals surface area contributed by atoms with Crippen LogP contribution in [0.1, 0.15) is 5.76 Å². The summed E-state index contributed by atoms with van der Waals surface area (Å²) < 4.78 is 10.6. The molecule has 8 nitrogen and oxygen atoms in total. The third-order valence-electron chi connectivity index (χ3n) is 3.84. The van der Waals surface area contributed by atoms with E-state index in [4.69, 9.17) is 9.26 Å². The molecule has 1 heterocycles. The number of nitrogens with zero attached hydrogens (tertiary/aromatic N) is 2. The maximum Gasteiger partial charge on any atom is 0.239 e. The highest BCUT2D eigenvalue weighted by molar-refractivity contribution is 5.94. The summed E-state index contributed by atoms with van der Waals surface area (Å²) in [7, 11) is 1.68. The zero-order valence-electron chi connectivity index (χ0n) is 16.2. The molecule has 1 aromatic heterocycles. The second-order valence-electron chi connectivity index (χ2n) is 6.53. The molecule has 29 heavy (non-hydrogen) atoms. The van der Waals surface area contributed by atoms with Crippen molar-refractivity contribution < 1.29 is 18.8 Å². The Labute approximate surface area is 168 Å². The van der Waals surface area contributed by atoms with Crippen LogP contribution in [0, 0.1) is 6.92 Å². The van der Waals surface area contributed by atoms with Crippen LogP contribution < -0.4 is 15.4 Å². The number of aromatic nitrogens is 1. The number of ether oxygens (including phenoxy) is 1. The maximum atomic E-state index is 12.2. The second-order valence-corrected chi connectivity index (χ2v) is 6.53. The molecule has 0 saturated heterocycles. The first-order valence-electron chi connectivity index (χ1n) is 9.02. The number of carbonyl (C=O) groups excluding carboxylic acids is 2. The minimum Gasteiger partial charge on any atom is -0.457 e. The smallest absolute Gasteiger partial charge is 0.239 e. The molecule has 0 aliphatic rings. The molecule has 0 spiro atoms. The number of carbonyl (C=O) groups is 2. The molecular weight excluding hydrogens is 372 g/mol. The molecule has 0 aliphatic carbocycles. The monoisotopic (exact) mass is 394 g/mol. The van der Waals surface area contributed by atoms with Crippen molar-refractivity contribution in [2.75, 3.05) is 30.8 Å². The van der Waals surface area contributed by atoms with E-state index >= 15 is 0 Å². The molecule has 2 aromatic carbocycles. The van der Waals surface area contributed by atoms with E-state index in [1.165, 1.54) is 0 Å². The average Bonchev–Trinajstić information content (AvgIpc) is 3.08. The van der Waals surface area contributed by atoms with Crippen molar-refractivity contribution in [3.63, 3.8) is 0 Å². The van der Waals surface area contributed by atoms with E-state index in [9.17, 15) is 9.59 Å². The number of hydrogen-bond donors (Lipinski definition) is 2. The zero-order chi connectivity index (χ0) is 20.6. The molecule has 0 aliphatic heterocycles. The van der Waals surface area contributed by atoms with E-state index in [-0.39, 0.29) is 24.9 Å². The normalized spacial score (nSPS) is 10.6. The van der Waals surface area contributed by atoms with Crippen molar-refractivity contribution in [2.45, 2.75) is 6.92 Å². The van der Waals surface area contributed by atoms with E-state index in [1.54, 1.807) is 49.2 Å². The van der Waals surface area contributed by atoms with E-state index < -0.39 is 0 Å². The van der Waals surface area contributed by atoms with Gasteiger partial charge in [0.25, 0.3) is 0 Å². The summed E-state index contributed by atoms with van der Waals surface area (Å²) in [5.41, 5.74) is 0.645. The summed E-state index contributed by atoms with van der Waals surface area (Å²) in [4.78, 5) is 25.8. The number of nitrogens with one attached hydrogen (secondary N) is 2. The highest BCUT2D eigenvalue weighted by Crippen LogP contribution is 2.22. The number of hydrogen-bond acceptors (Lipinski definition) is 6. The van der Waals surface area contributed by atoms with Crippen molar-refractivity contribution >= 4 is 23.3 Å². The van der Waals surface area contributed by atoms with Gasteiger partial charge in [-0.05, 0) is 50.4 Å². The fourth-order valence-corrected chi connectivity index (χ4v) is 2.59. The van der Waals surface area contributed by atoms with Gasteiger partial charge < -0.3 is 19.9 Å². The lowest BCUT2D eigenvalue weighted by atomic mass is 10.3. The first kappa shape index (κ1) is 20.1. The molecule has 0 atom stereocenters. The predicted molar refractivity (Wildman–Crippen MR) is 109 cm³/mol. The number of aryl methyl sites for hydroxylation is 1. The number of para-hydroxylation sites is 1. The molecule has 0 bridgehead atoms. The molecule has 0 saturated carbocycles. The molecule has 2 amide bonds. The minimum atomic E-state index is -0.281. The van der Waals surface area contributed by atoms with Crippen LogP contribution in [0.15, 0.2) is 65.2 Å². The topological polar surface area (TPSA) is 96.7 Å². The largest absolute Gasteiger partial charge is 0.457 e. The molecule has 3 rings (SSSR count). The third-order valence-corrected chi connectivity index (χ3v) is 3.84. The van der Waals surface area contributed by atoms with Gasteiger partial charge in [-0.25, -0.2) is 0 Å².